The summed E-state index contributed by atoms with van der Waals surface area (Å²) < 4.78 is 7.34. The summed E-state index contributed by atoms with van der Waals surface area (Å²) in [5, 5.41) is 12.6. The molecular formula is C20H28N4O2S. The molecule has 1 aromatic heterocycles. The second-order valence-corrected chi connectivity index (χ2v) is 8.46. The van der Waals surface area contributed by atoms with Crippen LogP contribution in [0.3, 0.4) is 0 Å². The van der Waals surface area contributed by atoms with Crippen molar-refractivity contribution in [1.82, 2.24) is 20.1 Å². The Labute approximate surface area is 165 Å². The second-order valence-electron chi connectivity index (χ2n) is 7.52. The van der Waals surface area contributed by atoms with Gasteiger partial charge >= 0.3 is 0 Å². The Hall–Kier alpha value is -2.02. The first-order chi connectivity index (χ1) is 13.0. The van der Waals surface area contributed by atoms with Crippen LogP contribution in [-0.4, -0.2) is 39.6 Å². The van der Waals surface area contributed by atoms with Crippen LogP contribution >= 0.6 is 11.8 Å². The Morgan fingerprint density at radius 1 is 1.26 bits per heavy atom. The van der Waals surface area contributed by atoms with Crippen LogP contribution in [0.4, 0.5) is 0 Å². The number of aromatic nitrogens is 3. The molecule has 1 atom stereocenters. The van der Waals surface area contributed by atoms with Gasteiger partial charge in [-0.3, -0.25) is 4.79 Å². The lowest BCUT2D eigenvalue weighted by Gasteiger charge is -2.14. The van der Waals surface area contributed by atoms with Crippen LogP contribution in [0.1, 0.15) is 33.6 Å². The van der Waals surface area contributed by atoms with Gasteiger partial charge in [-0.2, -0.15) is 0 Å². The predicted molar refractivity (Wildman–Crippen MR) is 108 cm³/mol. The first-order valence-electron chi connectivity index (χ1n) is 9.47. The van der Waals surface area contributed by atoms with Gasteiger partial charge in [-0.05, 0) is 55.9 Å². The molecule has 0 radical (unpaired) electrons. The summed E-state index contributed by atoms with van der Waals surface area (Å²) in [5.41, 5.74) is 0.989. The third-order valence-corrected chi connectivity index (χ3v) is 5.63. The third kappa shape index (κ3) is 5.25. The Balaban J connectivity index is 1.72. The van der Waals surface area contributed by atoms with Crippen molar-refractivity contribution in [2.24, 2.45) is 11.8 Å². The van der Waals surface area contributed by atoms with Crippen LogP contribution in [0.5, 0.6) is 5.75 Å². The predicted octanol–water partition coefficient (Wildman–Crippen LogP) is 3.62. The van der Waals surface area contributed by atoms with E-state index in [0.717, 1.165) is 28.8 Å². The number of rotatable bonds is 9. The van der Waals surface area contributed by atoms with Crippen LogP contribution < -0.4 is 10.1 Å². The summed E-state index contributed by atoms with van der Waals surface area (Å²) in [6.45, 7) is 7.21. The van der Waals surface area contributed by atoms with Crippen molar-refractivity contribution in [3.8, 4) is 17.1 Å². The highest BCUT2D eigenvalue weighted by Crippen LogP contribution is 2.32. The van der Waals surface area contributed by atoms with Gasteiger partial charge in [0.2, 0.25) is 5.91 Å². The van der Waals surface area contributed by atoms with Gasteiger partial charge in [-0.15, -0.1) is 10.2 Å². The van der Waals surface area contributed by atoms with Crippen molar-refractivity contribution in [3.63, 3.8) is 0 Å². The first kappa shape index (κ1) is 19.7. The lowest BCUT2D eigenvalue weighted by Crippen LogP contribution is -2.35. The van der Waals surface area contributed by atoms with Crippen molar-refractivity contribution >= 4 is 17.7 Å². The van der Waals surface area contributed by atoms with E-state index in [0.29, 0.717) is 17.6 Å². The van der Waals surface area contributed by atoms with Gasteiger partial charge < -0.3 is 14.6 Å². The fourth-order valence-electron chi connectivity index (χ4n) is 3.02. The third-order valence-electron chi connectivity index (χ3n) is 4.66. The van der Waals surface area contributed by atoms with Crippen molar-refractivity contribution in [3.05, 3.63) is 24.3 Å². The Morgan fingerprint density at radius 3 is 2.56 bits per heavy atom. The normalized spacial score (nSPS) is 15.0. The van der Waals surface area contributed by atoms with Gasteiger partial charge in [0.1, 0.15) is 5.75 Å². The molecule has 27 heavy (non-hydrogen) atoms. The van der Waals surface area contributed by atoms with E-state index in [-0.39, 0.29) is 11.9 Å². The highest BCUT2D eigenvalue weighted by molar-refractivity contribution is 7.99. The number of hydrogen-bond donors (Lipinski definition) is 1. The molecule has 1 fully saturated rings. The van der Waals surface area contributed by atoms with E-state index in [2.05, 4.69) is 40.9 Å². The number of methoxy groups -OCH3 is 1. The number of hydrogen-bond acceptors (Lipinski definition) is 5. The lowest BCUT2D eigenvalue weighted by atomic mass is 10.2. The highest BCUT2D eigenvalue weighted by Gasteiger charge is 2.29. The molecular weight excluding hydrogens is 360 g/mol. The largest absolute Gasteiger partial charge is 0.497 e. The molecule has 6 nitrogen and oxygen atoms in total. The van der Waals surface area contributed by atoms with E-state index in [9.17, 15) is 4.79 Å². The van der Waals surface area contributed by atoms with Gasteiger partial charge in [-0.25, -0.2) is 0 Å². The van der Waals surface area contributed by atoms with Crippen molar-refractivity contribution in [2.45, 2.75) is 51.4 Å². The molecule has 1 amide bonds. The van der Waals surface area contributed by atoms with Crippen molar-refractivity contribution < 1.29 is 9.53 Å². The second kappa shape index (κ2) is 8.78. The summed E-state index contributed by atoms with van der Waals surface area (Å²) in [7, 11) is 1.65. The Morgan fingerprint density at radius 2 is 1.96 bits per heavy atom. The van der Waals surface area contributed by atoms with Gasteiger partial charge in [0.05, 0.1) is 12.9 Å². The summed E-state index contributed by atoms with van der Waals surface area (Å²) in [6.07, 6.45) is 2.45. The molecule has 0 bridgehead atoms. The Kier molecular flexibility index (Phi) is 6.42. The number of ether oxygens (including phenoxy) is 1. The minimum absolute atomic E-state index is 0.0597. The summed E-state index contributed by atoms with van der Waals surface area (Å²) >= 11 is 1.45. The number of amides is 1. The summed E-state index contributed by atoms with van der Waals surface area (Å²) in [4.78, 5) is 12.2. The standard InChI is InChI=1S/C20H28N4O2S/c1-13(2)11-24-19(16-7-9-17(26-4)10-8-16)22-23-20(24)27-12-18(25)21-14(3)15-5-6-15/h7-10,13-15H,5-6,11-12H2,1-4H3,(H,21,25)/t14-/m0/s1. The van der Waals surface area contributed by atoms with E-state index in [1.54, 1.807) is 7.11 Å². The van der Waals surface area contributed by atoms with Crippen molar-refractivity contribution in [1.29, 1.82) is 0 Å². The zero-order valence-corrected chi connectivity index (χ0v) is 17.3. The molecule has 3 rings (SSSR count). The fourth-order valence-corrected chi connectivity index (χ4v) is 3.78. The topological polar surface area (TPSA) is 69.0 Å². The van der Waals surface area contributed by atoms with E-state index in [1.807, 2.05) is 24.3 Å². The van der Waals surface area contributed by atoms with Crippen LogP contribution in [-0.2, 0) is 11.3 Å². The zero-order chi connectivity index (χ0) is 19.4. The Bertz CT molecular complexity index is 769. The number of nitrogens with zero attached hydrogens (tertiary/aromatic N) is 3. The lowest BCUT2D eigenvalue weighted by molar-refractivity contribution is -0.119. The van der Waals surface area contributed by atoms with E-state index < -0.39 is 0 Å². The molecule has 0 unspecified atom stereocenters. The SMILES string of the molecule is COc1ccc(-c2nnc(SCC(=O)N[C@@H](C)C3CC3)n2CC(C)C)cc1. The van der Waals surface area contributed by atoms with Gasteiger partial charge in [0.25, 0.3) is 0 Å². The molecule has 1 aliphatic carbocycles. The average Bonchev–Trinajstić information content (AvgIpc) is 3.43. The van der Waals surface area contributed by atoms with Crippen LogP contribution in [0.2, 0.25) is 0 Å². The monoisotopic (exact) mass is 388 g/mol. The minimum Gasteiger partial charge on any atom is -0.497 e. The quantitative estimate of drug-likeness (QED) is 0.665. The number of nitrogens with one attached hydrogen (secondary N) is 1. The molecule has 7 heteroatoms. The number of carbonyl (C=O) groups excluding carboxylic acids is 1. The maximum Gasteiger partial charge on any atom is 0.230 e. The fraction of sp³-hybridized carbons (Fsp3) is 0.550. The number of carbonyl (C=O) groups is 1. The molecule has 1 aliphatic rings. The first-order valence-corrected chi connectivity index (χ1v) is 10.5. The van der Waals surface area contributed by atoms with Crippen LogP contribution in [0, 0.1) is 11.8 Å². The summed E-state index contributed by atoms with van der Waals surface area (Å²) in [6, 6.07) is 8.07. The maximum absolute atomic E-state index is 12.2. The van der Waals surface area contributed by atoms with Crippen molar-refractivity contribution in [2.75, 3.05) is 12.9 Å². The molecule has 1 N–H and O–H groups in total. The van der Waals surface area contributed by atoms with Gasteiger partial charge in [0, 0.05) is 18.2 Å². The number of thioether (sulfide) groups is 1. The molecule has 0 aliphatic heterocycles. The molecule has 0 saturated heterocycles. The number of benzene rings is 1. The molecule has 146 valence electrons. The van der Waals surface area contributed by atoms with Gasteiger partial charge in [0.15, 0.2) is 11.0 Å². The molecule has 0 spiro atoms. The smallest absolute Gasteiger partial charge is 0.230 e. The van der Waals surface area contributed by atoms with Crippen LogP contribution in [0.25, 0.3) is 11.4 Å². The molecule has 2 aromatic rings. The van der Waals surface area contributed by atoms with Crippen LogP contribution in [0.15, 0.2) is 29.4 Å². The summed E-state index contributed by atoms with van der Waals surface area (Å²) in [5.74, 6) is 3.15. The molecule has 1 aromatic carbocycles. The van der Waals surface area contributed by atoms with Gasteiger partial charge in [-0.1, -0.05) is 25.6 Å². The van der Waals surface area contributed by atoms with E-state index in [1.165, 1.54) is 24.6 Å². The minimum atomic E-state index is 0.0597. The molecule has 1 saturated carbocycles. The molecule has 1 heterocycles. The van der Waals surface area contributed by atoms with E-state index in [4.69, 9.17) is 4.74 Å². The highest BCUT2D eigenvalue weighted by atomic mass is 32.2. The average molecular weight is 389 g/mol. The van der Waals surface area contributed by atoms with E-state index >= 15 is 0 Å². The zero-order valence-electron chi connectivity index (χ0n) is 16.4. The maximum atomic E-state index is 12.2.